The molecule has 0 radical (unpaired) electrons. The summed E-state index contributed by atoms with van der Waals surface area (Å²) in [4.78, 5) is 41.6. The van der Waals surface area contributed by atoms with Crippen molar-refractivity contribution in [3.8, 4) is 0 Å². The predicted octanol–water partition coefficient (Wildman–Crippen LogP) is 0.497. The molecule has 2 heterocycles. The van der Waals surface area contributed by atoms with Gasteiger partial charge in [0.2, 0.25) is 5.91 Å². The molecule has 0 unspecified atom stereocenters. The molecule has 2 N–H and O–H groups in total. The highest BCUT2D eigenvalue weighted by atomic mass is 32.1. The highest BCUT2D eigenvalue weighted by Crippen LogP contribution is 2.32. The van der Waals surface area contributed by atoms with E-state index in [4.69, 9.17) is 0 Å². The zero-order chi connectivity index (χ0) is 15.0. The van der Waals surface area contributed by atoms with Crippen molar-refractivity contribution < 1.29 is 14.4 Å². The lowest BCUT2D eigenvalue weighted by atomic mass is 9.97. The number of thiazole rings is 1. The third-order valence-electron chi connectivity index (χ3n) is 3.64. The summed E-state index contributed by atoms with van der Waals surface area (Å²) >= 11 is 1.66. The lowest BCUT2D eigenvalue weighted by molar-refractivity contribution is -0.131. The Hall–Kier alpha value is -1.96. The van der Waals surface area contributed by atoms with Gasteiger partial charge >= 0.3 is 6.03 Å². The van der Waals surface area contributed by atoms with E-state index in [0.717, 1.165) is 34.9 Å². The van der Waals surface area contributed by atoms with Gasteiger partial charge in [-0.1, -0.05) is 0 Å². The molecular weight excluding hydrogens is 292 g/mol. The average molecular weight is 308 g/mol. The topological polar surface area (TPSA) is 91.4 Å². The second-order valence-corrected chi connectivity index (χ2v) is 6.48. The van der Waals surface area contributed by atoms with Gasteiger partial charge in [0.05, 0.1) is 23.3 Å². The number of amides is 4. The highest BCUT2D eigenvalue weighted by Gasteiger charge is 2.32. The zero-order valence-electron chi connectivity index (χ0n) is 11.6. The minimum absolute atomic E-state index is 0.0367. The minimum Gasteiger partial charge on any atom is -0.346 e. The van der Waals surface area contributed by atoms with E-state index in [1.165, 1.54) is 4.88 Å². The van der Waals surface area contributed by atoms with Crippen molar-refractivity contribution in [2.75, 3.05) is 13.1 Å². The van der Waals surface area contributed by atoms with Gasteiger partial charge in [0, 0.05) is 4.88 Å². The molecule has 21 heavy (non-hydrogen) atoms. The minimum atomic E-state index is -0.510. The fourth-order valence-corrected chi connectivity index (χ4v) is 3.72. The van der Waals surface area contributed by atoms with E-state index in [0.29, 0.717) is 0 Å². The first kappa shape index (κ1) is 14.0. The molecule has 1 atom stereocenters. The van der Waals surface area contributed by atoms with Crippen LogP contribution in [0.25, 0.3) is 0 Å². The van der Waals surface area contributed by atoms with Crippen LogP contribution in [0.2, 0.25) is 0 Å². The molecule has 112 valence electrons. The normalized spacial score (nSPS) is 21.2. The number of urea groups is 1. The second-order valence-electron chi connectivity index (χ2n) is 5.19. The van der Waals surface area contributed by atoms with Gasteiger partial charge in [-0.3, -0.25) is 14.5 Å². The SMILES string of the molecule is Cc1nc2c(s1)CCC[C@H]2NC(=O)CN1C(=O)CNC1=O. The Morgan fingerprint density at radius 1 is 1.52 bits per heavy atom. The number of hydrogen-bond acceptors (Lipinski definition) is 5. The van der Waals surface area contributed by atoms with Gasteiger partial charge in [-0.2, -0.15) is 0 Å². The summed E-state index contributed by atoms with van der Waals surface area (Å²) in [7, 11) is 0. The number of nitrogens with one attached hydrogen (secondary N) is 2. The summed E-state index contributed by atoms with van der Waals surface area (Å²) in [6, 6.07) is -0.629. The summed E-state index contributed by atoms with van der Waals surface area (Å²) in [5.41, 5.74) is 0.939. The molecule has 0 bridgehead atoms. The van der Waals surface area contributed by atoms with Gasteiger partial charge in [0.1, 0.15) is 6.54 Å². The molecule has 8 heteroatoms. The first-order chi connectivity index (χ1) is 10.0. The Kier molecular flexibility index (Phi) is 3.62. The van der Waals surface area contributed by atoms with E-state index < -0.39 is 6.03 Å². The molecule has 1 aliphatic carbocycles. The largest absolute Gasteiger partial charge is 0.346 e. The molecule has 1 aliphatic heterocycles. The molecule has 0 spiro atoms. The Morgan fingerprint density at radius 2 is 2.33 bits per heavy atom. The van der Waals surface area contributed by atoms with Crippen molar-refractivity contribution >= 4 is 29.2 Å². The van der Waals surface area contributed by atoms with E-state index in [9.17, 15) is 14.4 Å². The van der Waals surface area contributed by atoms with Gasteiger partial charge in [0.25, 0.3) is 5.91 Å². The molecule has 4 amide bonds. The van der Waals surface area contributed by atoms with E-state index >= 15 is 0 Å². The molecule has 3 rings (SSSR count). The maximum atomic E-state index is 12.1. The van der Waals surface area contributed by atoms with Crippen LogP contribution in [0.15, 0.2) is 0 Å². The summed E-state index contributed by atoms with van der Waals surface area (Å²) < 4.78 is 0. The number of rotatable bonds is 3. The van der Waals surface area contributed by atoms with E-state index in [-0.39, 0.29) is 30.9 Å². The maximum absolute atomic E-state index is 12.1. The van der Waals surface area contributed by atoms with Crippen molar-refractivity contribution in [3.05, 3.63) is 15.6 Å². The summed E-state index contributed by atoms with van der Waals surface area (Å²) in [6.07, 6.45) is 2.84. The Morgan fingerprint density at radius 3 is 3.05 bits per heavy atom. The van der Waals surface area contributed by atoms with Crippen molar-refractivity contribution in [2.24, 2.45) is 0 Å². The third-order valence-corrected chi connectivity index (χ3v) is 4.68. The Labute approximate surface area is 125 Å². The number of fused-ring (bicyclic) bond motifs is 1. The molecule has 7 nitrogen and oxygen atoms in total. The number of aromatic nitrogens is 1. The average Bonchev–Trinajstić information content (AvgIpc) is 2.96. The molecule has 1 saturated heterocycles. The Bertz CT molecular complexity index is 597. The number of carbonyl (C=O) groups is 3. The lowest BCUT2D eigenvalue weighted by Crippen LogP contribution is -2.42. The van der Waals surface area contributed by atoms with Gasteiger partial charge in [-0.25, -0.2) is 9.78 Å². The van der Waals surface area contributed by atoms with Gasteiger partial charge in [-0.15, -0.1) is 11.3 Å². The standard InChI is InChI=1S/C13H16N4O3S/c1-7-15-12-8(3-2-4-9(12)21-7)16-10(18)6-17-11(19)5-14-13(17)20/h8H,2-6H2,1H3,(H,14,20)(H,16,18)/t8-/m1/s1. The van der Waals surface area contributed by atoms with Gasteiger partial charge < -0.3 is 10.6 Å². The summed E-state index contributed by atoms with van der Waals surface area (Å²) in [5.74, 6) is -0.701. The maximum Gasteiger partial charge on any atom is 0.325 e. The van der Waals surface area contributed by atoms with Crippen LogP contribution in [-0.2, 0) is 16.0 Å². The van der Waals surface area contributed by atoms with Gasteiger partial charge in [0.15, 0.2) is 0 Å². The number of carbonyl (C=O) groups excluding carboxylic acids is 3. The van der Waals surface area contributed by atoms with Crippen LogP contribution in [0.3, 0.4) is 0 Å². The Balaban J connectivity index is 1.66. The summed E-state index contributed by atoms with van der Waals surface area (Å²) in [5, 5.41) is 6.28. The lowest BCUT2D eigenvalue weighted by Gasteiger charge is -2.23. The van der Waals surface area contributed by atoms with Crippen LogP contribution in [-0.4, -0.2) is 40.8 Å². The molecule has 2 aliphatic rings. The van der Waals surface area contributed by atoms with Crippen molar-refractivity contribution in [3.63, 3.8) is 0 Å². The van der Waals surface area contributed by atoms with E-state index in [2.05, 4.69) is 15.6 Å². The molecule has 1 aromatic rings. The van der Waals surface area contributed by atoms with Crippen molar-refractivity contribution in [1.29, 1.82) is 0 Å². The fourth-order valence-electron chi connectivity index (χ4n) is 2.68. The molecular formula is C13H16N4O3S. The monoisotopic (exact) mass is 308 g/mol. The van der Waals surface area contributed by atoms with Crippen LogP contribution in [0, 0.1) is 6.92 Å². The highest BCUT2D eigenvalue weighted by molar-refractivity contribution is 7.11. The zero-order valence-corrected chi connectivity index (χ0v) is 12.5. The molecule has 0 aromatic carbocycles. The first-order valence-corrected chi connectivity index (χ1v) is 7.70. The fraction of sp³-hybridized carbons (Fsp3) is 0.538. The number of hydrogen-bond donors (Lipinski definition) is 2. The van der Waals surface area contributed by atoms with Gasteiger partial charge in [-0.05, 0) is 26.2 Å². The molecule has 1 aromatic heterocycles. The van der Waals surface area contributed by atoms with Crippen molar-refractivity contribution in [2.45, 2.75) is 32.2 Å². The van der Waals surface area contributed by atoms with Crippen LogP contribution < -0.4 is 10.6 Å². The second kappa shape index (κ2) is 5.44. The van der Waals surface area contributed by atoms with Crippen LogP contribution >= 0.6 is 11.3 Å². The molecule has 1 fully saturated rings. The van der Waals surface area contributed by atoms with Crippen molar-refractivity contribution in [1.82, 2.24) is 20.5 Å². The third kappa shape index (κ3) is 2.76. The van der Waals surface area contributed by atoms with E-state index in [1.807, 2.05) is 6.92 Å². The number of nitrogens with zero attached hydrogens (tertiary/aromatic N) is 2. The van der Waals surface area contributed by atoms with Crippen LogP contribution in [0.1, 0.15) is 34.5 Å². The predicted molar refractivity (Wildman–Crippen MR) is 75.8 cm³/mol. The smallest absolute Gasteiger partial charge is 0.325 e. The van der Waals surface area contributed by atoms with Crippen LogP contribution in [0.4, 0.5) is 4.79 Å². The number of imide groups is 1. The van der Waals surface area contributed by atoms with Crippen LogP contribution in [0.5, 0.6) is 0 Å². The first-order valence-electron chi connectivity index (χ1n) is 6.88. The quantitative estimate of drug-likeness (QED) is 0.795. The number of aryl methyl sites for hydroxylation is 2. The van der Waals surface area contributed by atoms with E-state index in [1.54, 1.807) is 11.3 Å². The molecule has 0 saturated carbocycles. The summed E-state index contributed by atoms with van der Waals surface area (Å²) in [6.45, 7) is 1.68.